The Kier molecular flexibility index (Phi) is 4.65. The summed E-state index contributed by atoms with van der Waals surface area (Å²) >= 11 is 0. The summed E-state index contributed by atoms with van der Waals surface area (Å²) in [6, 6.07) is 8.98. The van der Waals surface area contributed by atoms with Gasteiger partial charge in [0.25, 0.3) is 0 Å². The van der Waals surface area contributed by atoms with Gasteiger partial charge in [-0.05, 0) is 36.9 Å². The van der Waals surface area contributed by atoms with Crippen molar-refractivity contribution in [1.82, 2.24) is 5.32 Å². The molecule has 100 valence electrons. The largest absolute Gasteiger partial charge is 0.493 e. The van der Waals surface area contributed by atoms with E-state index in [1.807, 2.05) is 0 Å². The highest BCUT2D eigenvalue weighted by Crippen LogP contribution is 2.30. The lowest BCUT2D eigenvalue weighted by Crippen LogP contribution is -2.45. The normalized spacial score (nSPS) is 20.3. The van der Waals surface area contributed by atoms with Crippen molar-refractivity contribution >= 4 is 0 Å². The molecule has 1 aromatic carbocycles. The van der Waals surface area contributed by atoms with E-state index in [-0.39, 0.29) is 0 Å². The van der Waals surface area contributed by atoms with Gasteiger partial charge in [0.2, 0.25) is 0 Å². The third-order valence-corrected chi connectivity index (χ3v) is 3.76. The lowest BCUT2D eigenvalue weighted by Gasteiger charge is -2.34. The quantitative estimate of drug-likeness (QED) is 0.862. The Balaban J connectivity index is 2.05. The second-order valence-electron chi connectivity index (χ2n) is 5.61. The first-order valence-corrected chi connectivity index (χ1v) is 7.16. The molecule has 1 N–H and O–H groups in total. The highest BCUT2D eigenvalue weighted by Gasteiger charge is 2.28. The SMILES string of the molecule is CCCNC(C(C)C)C1COc2ccccc2C1. The van der Waals surface area contributed by atoms with Gasteiger partial charge >= 0.3 is 0 Å². The van der Waals surface area contributed by atoms with E-state index in [0.29, 0.717) is 17.9 Å². The van der Waals surface area contributed by atoms with Crippen LogP contribution in [0.3, 0.4) is 0 Å². The summed E-state index contributed by atoms with van der Waals surface area (Å²) in [5.41, 5.74) is 1.36. The third-order valence-electron chi connectivity index (χ3n) is 3.76. The minimum absolute atomic E-state index is 0.554. The molecule has 0 bridgehead atoms. The minimum Gasteiger partial charge on any atom is -0.493 e. The van der Waals surface area contributed by atoms with Gasteiger partial charge in [-0.3, -0.25) is 0 Å². The summed E-state index contributed by atoms with van der Waals surface area (Å²) in [5.74, 6) is 2.31. The summed E-state index contributed by atoms with van der Waals surface area (Å²) in [7, 11) is 0. The first-order chi connectivity index (χ1) is 8.72. The van der Waals surface area contributed by atoms with Crippen LogP contribution in [0.15, 0.2) is 24.3 Å². The third kappa shape index (κ3) is 3.05. The number of hydrogen-bond acceptors (Lipinski definition) is 2. The zero-order valence-electron chi connectivity index (χ0n) is 11.8. The highest BCUT2D eigenvalue weighted by molar-refractivity contribution is 5.35. The first-order valence-electron chi connectivity index (χ1n) is 7.16. The molecule has 0 fully saturated rings. The summed E-state index contributed by atoms with van der Waals surface area (Å²) in [6.07, 6.45) is 2.32. The molecular formula is C16H25NO. The van der Waals surface area contributed by atoms with Crippen LogP contribution in [0.25, 0.3) is 0 Å². The molecule has 0 amide bonds. The van der Waals surface area contributed by atoms with E-state index in [1.165, 1.54) is 12.0 Å². The van der Waals surface area contributed by atoms with E-state index >= 15 is 0 Å². The molecule has 2 nitrogen and oxygen atoms in total. The summed E-state index contributed by atoms with van der Waals surface area (Å²) in [6.45, 7) is 8.76. The van der Waals surface area contributed by atoms with Crippen LogP contribution in [-0.2, 0) is 6.42 Å². The van der Waals surface area contributed by atoms with Gasteiger partial charge in [-0.25, -0.2) is 0 Å². The lowest BCUT2D eigenvalue weighted by molar-refractivity contribution is 0.161. The maximum absolute atomic E-state index is 5.91. The lowest BCUT2D eigenvalue weighted by atomic mass is 9.84. The van der Waals surface area contributed by atoms with E-state index in [4.69, 9.17) is 4.74 Å². The molecule has 1 aromatic rings. The predicted molar refractivity (Wildman–Crippen MR) is 76.1 cm³/mol. The molecule has 2 unspecified atom stereocenters. The molecule has 0 radical (unpaired) electrons. The van der Waals surface area contributed by atoms with Crippen LogP contribution in [0.2, 0.25) is 0 Å². The fourth-order valence-electron chi connectivity index (χ4n) is 2.84. The first kappa shape index (κ1) is 13.4. The van der Waals surface area contributed by atoms with Gasteiger partial charge in [0, 0.05) is 12.0 Å². The zero-order valence-corrected chi connectivity index (χ0v) is 11.8. The van der Waals surface area contributed by atoms with Gasteiger partial charge in [-0.2, -0.15) is 0 Å². The second-order valence-corrected chi connectivity index (χ2v) is 5.61. The monoisotopic (exact) mass is 247 g/mol. The Hall–Kier alpha value is -1.02. The van der Waals surface area contributed by atoms with E-state index in [2.05, 4.69) is 50.4 Å². The number of para-hydroxylation sites is 1. The van der Waals surface area contributed by atoms with E-state index < -0.39 is 0 Å². The van der Waals surface area contributed by atoms with Crippen molar-refractivity contribution in [2.75, 3.05) is 13.2 Å². The van der Waals surface area contributed by atoms with Crippen LogP contribution in [0.5, 0.6) is 5.75 Å². The van der Waals surface area contributed by atoms with Crippen molar-refractivity contribution in [1.29, 1.82) is 0 Å². The molecule has 18 heavy (non-hydrogen) atoms. The van der Waals surface area contributed by atoms with Crippen molar-refractivity contribution < 1.29 is 4.74 Å². The van der Waals surface area contributed by atoms with Gasteiger partial charge in [-0.15, -0.1) is 0 Å². The van der Waals surface area contributed by atoms with Crippen molar-refractivity contribution in [3.05, 3.63) is 29.8 Å². The van der Waals surface area contributed by atoms with Crippen molar-refractivity contribution in [3.8, 4) is 5.75 Å². The number of hydrogen-bond donors (Lipinski definition) is 1. The Labute approximate surface area is 111 Å². The summed E-state index contributed by atoms with van der Waals surface area (Å²) in [4.78, 5) is 0. The molecule has 1 aliphatic rings. The molecular weight excluding hydrogens is 222 g/mol. The fraction of sp³-hybridized carbons (Fsp3) is 0.625. The number of benzene rings is 1. The topological polar surface area (TPSA) is 21.3 Å². The smallest absolute Gasteiger partial charge is 0.122 e. The molecule has 0 saturated heterocycles. The number of ether oxygens (including phenoxy) is 1. The highest BCUT2D eigenvalue weighted by atomic mass is 16.5. The van der Waals surface area contributed by atoms with E-state index in [9.17, 15) is 0 Å². The molecule has 0 aliphatic carbocycles. The van der Waals surface area contributed by atoms with Crippen LogP contribution < -0.4 is 10.1 Å². The van der Waals surface area contributed by atoms with Gasteiger partial charge in [-0.1, -0.05) is 39.0 Å². The number of fused-ring (bicyclic) bond motifs is 1. The van der Waals surface area contributed by atoms with Crippen LogP contribution >= 0.6 is 0 Å². The Morgan fingerprint density at radius 3 is 2.83 bits per heavy atom. The Morgan fingerprint density at radius 2 is 2.11 bits per heavy atom. The number of rotatable bonds is 5. The van der Waals surface area contributed by atoms with Crippen molar-refractivity contribution in [2.45, 2.75) is 39.7 Å². The summed E-state index contributed by atoms with van der Waals surface area (Å²) < 4.78 is 5.91. The van der Waals surface area contributed by atoms with E-state index in [1.54, 1.807) is 0 Å². The predicted octanol–water partition coefficient (Wildman–Crippen LogP) is 3.26. The second kappa shape index (κ2) is 6.24. The molecule has 0 spiro atoms. The average Bonchev–Trinajstić information content (AvgIpc) is 2.38. The van der Waals surface area contributed by atoms with Crippen LogP contribution in [0, 0.1) is 11.8 Å². The van der Waals surface area contributed by atoms with E-state index in [0.717, 1.165) is 25.3 Å². The molecule has 1 aliphatic heterocycles. The molecule has 1 heterocycles. The average molecular weight is 247 g/mol. The van der Waals surface area contributed by atoms with Crippen molar-refractivity contribution in [3.63, 3.8) is 0 Å². The molecule has 2 heteroatoms. The molecule has 0 saturated carbocycles. The summed E-state index contributed by atoms with van der Waals surface area (Å²) in [5, 5.41) is 3.69. The van der Waals surface area contributed by atoms with Gasteiger partial charge in [0.15, 0.2) is 0 Å². The minimum atomic E-state index is 0.554. The zero-order chi connectivity index (χ0) is 13.0. The maximum Gasteiger partial charge on any atom is 0.122 e. The van der Waals surface area contributed by atoms with Crippen LogP contribution in [-0.4, -0.2) is 19.2 Å². The van der Waals surface area contributed by atoms with Gasteiger partial charge in [0.05, 0.1) is 6.61 Å². The van der Waals surface area contributed by atoms with Gasteiger partial charge in [0.1, 0.15) is 5.75 Å². The van der Waals surface area contributed by atoms with Crippen LogP contribution in [0.4, 0.5) is 0 Å². The molecule has 0 aromatic heterocycles. The Bertz CT molecular complexity index is 375. The molecule has 2 rings (SSSR count). The molecule has 2 atom stereocenters. The van der Waals surface area contributed by atoms with Gasteiger partial charge < -0.3 is 10.1 Å². The fourth-order valence-corrected chi connectivity index (χ4v) is 2.84. The standard InChI is InChI=1S/C16H25NO/c1-4-9-17-16(12(2)3)14-10-13-7-5-6-8-15(13)18-11-14/h5-8,12,14,16-17H,4,9-11H2,1-3H3. The number of nitrogens with one attached hydrogen (secondary N) is 1. The van der Waals surface area contributed by atoms with Crippen molar-refractivity contribution in [2.24, 2.45) is 11.8 Å². The Morgan fingerprint density at radius 1 is 1.33 bits per heavy atom. The maximum atomic E-state index is 5.91. The van der Waals surface area contributed by atoms with Crippen LogP contribution in [0.1, 0.15) is 32.8 Å².